The summed E-state index contributed by atoms with van der Waals surface area (Å²) in [5.74, 6) is -0.870. The number of amides is 3. The predicted molar refractivity (Wildman–Crippen MR) is 123 cm³/mol. The van der Waals surface area contributed by atoms with Crippen molar-refractivity contribution >= 4 is 39.3 Å². The van der Waals surface area contributed by atoms with Gasteiger partial charge in [-0.05, 0) is 47.2 Å². The molecule has 5 heterocycles. The summed E-state index contributed by atoms with van der Waals surface area (Å²) in [7, 11) is 1.90. The Balaban J connectivity index is 1.36. The maximum absolute atomic E-state index is 13.0. The molecule has 164 valence electrons. The van der Waals surface area contributed by atoms with Crippen molar-refractivity contribution in [3.8, 4) is 22.4 Å². The molecule has 0 radical (unpaired) electrons. The summed E-state index contributed by atoms with van der Waals surface area (Å²) in [4.78, 5) is 43.9. The molecule has 8 nitrogen and oxygen atoms in total. The Morgan fingerprint density at radius 2 is 1.94 bits per heavy atom. The van der Waals surface area contributed by atoms with Crippen LogP contribution in [0.2, 0.25) is 0 Å². The van der Waals surface area contributed by atoms with Gasteiger partial charge in [0.15, 0.2) is 0 Å². The van der Waals surface area contributed by atoms with Gasteiger partial charge in [0.25, 0.3) is 5.91 Å². The average molecular weight is 458 g/mol. The number of fused-ring (bicyclic) bond motifs is 2. The highest BCUT2D eigenvalue weighted by atomic mass is 32.1. The van der Waals surface area contributed by atoms with Crippen molar-refractivity contribution in [3.05, 3.63) is 59.2 Å². The van der Waals surface area contributed by atoms with Crippen LogP contribution in [0, 0.1) is 0 Å². The lowest BCUT2D eigenvalue weighted by molar-refractivity contribution is -0.136. The minimum atomic E-state index is -0.622. The molecule has 1 fully saturated rings. The monoisotopic (exact) mass is 457 g/mol. The van der Waals surface area contributed by atoms with Crippen LogP contribution >= 0.6 is 11.3 Å². The van der Waals surface area contributed by atoms with Crippen LogP contribution in [0.4, 0.5) is 0 Å². The molecule has 2 aliphatic heterocycles. The number of hydrogen-bond donors (Lipinski definition) is 1. The molecule has 1 saturated heterocycles. The van der Waals surface area contributed by atoms with Crippen LogP contribution in [-0.2, 0) is 23.2 Å². The second-order valence-electron chi connectivity index (χ2n) is 8.34. The molecule has 3 amide bonds. The highest BCUT2D eigenvalue weighted by Crippen LogP contribution is 2.36. The number of nitrogens with one attached hydrogen (secondary N) is 1. The third-order valence-electron chi connectivity index (χ3n) is 6.35. The van der Waals surface area contributed by atoms with E-state index in [1.807, 2.05) is 47.7 Å². The highest BCUT2D eigenvalue weighted by molar-refractivity contribution is 7.16. The standard InChI is InChI=1S/C24H19N5O3S/c1-28-21(15-9-14-6-7-33-23(14)25-10-15)18(11-26-28)13-2-3-17-16(8-13)12-29(24(17)32)19-4-5-20(30)27-22(19)31/h2-3,6-11,19H,4-5,12H2,1H3,(H,27,30,31). The van der Waals surface area contributed by atoms with Crippen LogP contribution in [0.3, 0.4) is 0 Å². The molecule has 4 aromatic rings. The fraction of sp³-hybridized carbons (Fsp3) is 0.208. The molecule has 0 aliphatic carbocycles. The molecule has 2 aliphatic rings. The van der Waals surface area contributed by atoms with Gasteiger partial charge in [-0.1, -0.05) is 6.07 Å². The first-order valence-electron chi connectivity index (χ1n) is 10.6. The average Bonchev–Trinajstić information content (AvgIpc) is 3.50. The molecule has 1 N–H and O–H groups in total. The number of pyridine rings is 1. The van der Waals surface area contributed by atoms with Crippen molar-refractivity contribution in [2.45, 2.75) is 25.4 Å². The third-order valence-corrected chi connectivity index (χ3v) is 7.19. The minimum absolute atomic E-state index is 0.176. The topological polar surface area (TPSA) is 97.2 Å². The fourth-order valence-electron chi connectivity index (χ4n) is 4.72. The van der Waals surface area contributed by atoms with E-state index in [0.29, 0.717) is 18.5 Å². The molecule has 33 heavy (non-hydrogen) atoms. The number of aromatic nitrogens is 3. The predicted octanol–water partition coefficient (Wildman–Crippen LogP) is 3.12. The van der Waals surface area contributed by atoms with Crippen molar-refractivity contribution in [1.29, 1.82) is 0 Å². The van der Waals surface area contributed by atoms with E-state index in [0.717, 1.165) is 38.2 Å². The van der Waals surface area contributed by atoms with E-state index in [4.69, 9.17) is 0 Å². The van der Waals surface area contributed by atoms with E-state index in [2.05, 4.69) is 27.5 Å². The van der Waals surface area contributed by atoms with Crippen molar-refractivity contribution in [2.24, 2.45) is 7.05 Å². The Bertz CT molecular complexity index is 1470. The largest absolute Gasteiger partial charge is 0.322 e. The highest BCUT2D eigenvalue weighted by Gasteiger charge is 2.39. The number of rotatable bonds is 3. The van der Waals surface area contributed by atoms with Gasteiger partial charge in [-0.25, -0.2) is 4.98 Å². The Kier molecular flexibility index (Phi) is 4.41. The van der Waals surface area contributed by atoms with Crippen LogP contribution in [0.5, 0.6) is 0 Å². The van der Waals surface area contributed by atoms with E-state index in [1.165, 1.54) is 0 Å². The van der Waals surface area contributed by atoms with Crippen LogP contribution in [0.1, 0.15) is 28.8 Å². The summed E-state index contributed by atoms with van der Waals surface area (Å²) < 4.78 is 1.83. The molecule has 6 rings (SSSR count). The molecular weight excluding hydrogens is 438 g/mol. The SMILES string of the molecule is Cn1ncc(-c2ccc3c(c2)CN(C2CCC(=O)NC2=O)C3=O)c1-c1cnc2sccc2c1. The van der Waals surface area contributed by atoms with Gasteiger partial charge in [0.05, 0.1) is 11.9 Å². The van der Waals surface area contributed by atoms with E-state index in [1.54, 1.807) is 16.2 Å². The van der Waals surface area contributed by atoms with Gasteiger partial charge in [-0.15, -0.1) is 11.3 Å². The van der Waals surface area contributed by atoms with Gasteiger partial charge < -0.3 is 4.90 Å². The van der Waals surface area contributed by atoms with Gasteiger partial charge in [0.2, 0.25) is 11.8 Å². The summed E-state index contributed by atoms with van der Waals surface area (Å²) >= 11 is 1.61. The molecule has 1 atom stereocenters. The zero-order chi connectivity index (χ0) is 22.7. The summed E-state index contributed by atoms with van der Waals surface area (Å²) in [6, 6.07) is 9.27. The lowest BCUT2D eigenvalue weighted by Crippen LogP contribution is -2.52. The molecule has 0 spiro atoms. The van der Waals surface area contributed by atoms with Gasteiger partial charge in [-0.2, -0.15) is 5.10 Å². The van der Waals surface area contributed by atoms with Gasteiger partial charge >= 0.3 is 0 Å². The molecule has 0 saturated carbocycles. The number of benzene rings is 1. The van der Waals surface area contributed by atoms with E-state index < -0.39 is 11.9 Å². The summed E-state index contributed by atoms with van der Waals surface area (Å²) in [6.07, 6.45) is 4.27. The number of imide groups is 1. The first kappa shape index (κ1) is 19.8. The van der Waals surface area contributed by atoms with Crippen LogP contribution < -0.4 is 5.32 Å². The van der Waals surface area contributed by atoms with Crippen LogP contribution in [0.15, 0.2) is 48.1 Å². The Hall–Kier alpha value is -3.85. The Labute approximate surface area is 192 Å². The lowest BCUT2D eigenvalue weighted by Gasteiger charge is -2.29. The van der Waals surface area contributed by atoms with Crippen LogP contribution in [0.25, 0.3) is 32.6 Å². The van der Waals surface area contributed by atoms with Gasteiger partial charge in [-0.3, -0.25) is 24.4 Å². The summed E-state index contributed by atoms with van der Waals surface area (Å²) in [5, 5.41) is 9.93. The second-order valence-corrected chi connectivity index (χ2v) is 9.24. The Morgan fingerprint density at radius 1 is 1.06 bits per heavy atom. The summed E-state index contributed by atoms with van der Waals surface area (Å²) in [6.45, 7) is 0.340. The second kappa shape index (κ2) is 7.35. The van der Waals surface area contributed by atoms with Crippen LogP contribution in [-0.4, -0.2) is 43.4 Å². The van der Waals surface area contributed by atoms with Crippen molar-refractivity contribution < 1.29 is 14.4 Å². The number of hydrogen-bond acceptors (Lipinski definition) is 6. The number of piperidine rings is 1. The number of carbonyl (C=O) groups is 3. The quantitative estimate of drug-likeness (QED) is 0.477. The van der Waals surface area contributed by atoms with Gasteiger partial charge in [0, 0.05) is 48.3 Å². The van der Waals surface area contributed by atoms with E-state index >= 15 is 0 Å². The molecule has 3 aromatic heterocycles. The maximum Gasteiger partial charge on any atom is 0.255 e. The first-order valence-corrected chi connectivity index (χ1v) is 11.5. The zero-order valence-corrected chi connectivity index (χ0v) is 18.6. The Morgan fingerprint density at radius 3 is 2.79 bits per heavy atom. The molecule has 1 aromatic carbocycles. The van der Waals surface area contributed by atoms with Gasteiger partial charge in [0.1, 0.15) is 10.9 Å². The van der Waals surface area contributed by atoms with Crippen molar-refractivity contribution in [3.63, 3.8) is 0 Å². The normalized spacial score (nSPS) is 18.2. The molecule has 9 heteroatoms. The minimum Gasteiger partial charge on any atom is -0.322 e. The lowest BCUT2D eigenvalue weighted by atomic mass is 9.98. The molecule has 1 unspecified atom stereocenters. The molecule has 0 bridgehead atoms. The zero-order valence-electron chi connectivity index (χ0n) is 17.7. The number of carbonyl (C=O) groups excluding carboxylic acids is 3. The maximum atomic E-state index is 13.0. The van der Waals surface area contributed by atoms with E-state index in [9.17, 15) is 14.4 Å². The third kappa shape index (κ3) is 3.15. The van der Waals surface area contributed by atoms with Crippen molar-refractivity contribution in [1.82, 2.24) is 25.0 Å². The summed E-state index contributed by atoms with van der Waals surface area (Å²) in [5.41, 5.74) is 5.27. The fourth-order valence-corrected chi connectivity index (χ4v) is 5.44. The van der Waals surface area contributed by atoms with E-state index in [-0.39, 0.29) is 18.2 Å². The molecular formula is C24H19N5O3S. The smallest absolute Gasteiger partial charge is 0.255 e. The first-order chi connectivity index (χ1) is 16.0. The number of thiophene rings is 1. The number of nitrogens with zero attached hydrogens (tertiary/aromatic N) is 4. The van der Waals surface area contributed by atoms with Crippen molar-refractivity contribution in [2.75, 3.05) is 0 Å². The number of aryl methyl sites for hydroxylation is 1.